The summed E-state index contributed by atoms with van der Waals surface area (Å²) in [5, 5.41) is 0. The van der Waals surface area contributed by atoms with Gasteiger partial charge in [-0.1, -0.05) is 36.0 Å². The zero-order chi connectivity index (χ0) is 15.8. The fourth-order valence-corrected chi connectivity index (χ4v) is 4.70. The predicted molar refractivity (Wildman–Crippen MR) is 92.5 cm³/mol. The SMILES string of the molecule is CN1CCN([C@H]2Cc3ccccc3Sc3cc(F)ccc32)CC1. The van der Waals surface area contributed by atoms with E-state index in [1.165, 1.54) is 16.0 Å². The van der Waals surface area contributed by atoms with Crippen LogP contribution < -0.4 is 0 Å². The van der Waals surface area contributed by atoms with Gasteiger partial charge in [0.1, 0.15) is 5.82 Å². The highest BCUT2D eigenvalue weighted by Gasteiger charge is 2.29. The lowest BCUT2D eigenvalue weighted by molar-refractivity contribution is 0.110. The van der Waals surface area contributed by atoms with Crippen molar-refractivity contribution < 1.29 is 4.39 Å². The van der Waals surface area contributed by atoms with Gasteiger partial charge in [0.05, 0.1) is 0 Å². The molecule has 120 valence electrons. The van der Waals surface area contributed by atoms with Crippen molar-refractivity contribution in [3.05, 3.63) is 59.4 Å². The highest BCUT2D eigenvalue weighted by atomic mass is 32.2. The van der Waals surface area contributed by atoms with Crippen molar-refractivity contribution in [2.45, 2.75) is 22.3 Å². The van der Waals surface area contributed by atoms with Gasteiger partial charge in [0.15, 0.2) is 0 Å². The van der Waals surface area contributed by atoms with Gasteiger partial charge in [-0.25, -0.2) is 4.39 Å². The topological polar surface area (TPSA) is 6.48 Å². The van der Waals surface area contributed by atoms with E-state index >= 15 is 0 Å². The minimum atomic E-state index is -0.146. The van der Waals surface area contributed by atoms with Crippen LogP contribution in [0.3, 0.4) is 0 Å². The smallest absolute Gasteiger partial charge is 0.124 e. The highest BCUT2D eigenvalue weighted by Crippen LogP contribution is 2.43. The van der Waals surface area contributed by atoms with Crippen LogP contribution in [-0.2, 0) is 6.42 Å². The Morgan fingerprint density at radius 3 is 2.61 bits per heavy atom. The van der Waals surface area contributed by atoms with Gasteiger partial charge < -0.3 is 4.90 Å². The second kappa shape index (κ2) is 6.27. The van der Waals surface area contributed by atoms with Crippen molar-refractivity contribution in [1.29, 1.82) is 0 Å². The van der Waals surface area contributed by atoms with Crippen molar-refractivity contribution in [2.24, 2.45) is 0 Å². The Morgan fingerprint density at radius 1 is 1.00 bits per heavy atom. The van der Waals surface area contributed by atoms with E-state index < -0.39 is 0 Å². The Kier molecular flexibility index (Phi) is 4.14. The van der Waals surface area contributed by atoms with Crippen LogP contribution in [0.4, 0.5) is 4.39 Å². The van der Waals surface area contributed by atoms with Crippen molar-refractivity contribution >= 4 is 11.8 Å². The third kappa shape index (κ3) is 3.03. The van der Waals surface area contributed by atoms with Crippen LogP contribution in [0.5, 0.6) is 0 Å². The first-order valence-corrected chi connectivity index (χ1v) is 9.00. The van der Waals surface area contributed by atoms with E-state index in [0.29, 0.717) is 6.04 Å². The number of hydrogen-bond donors (Lipinski definition) is 0. The molecule has 0 amide bonds. The molecule has 0 N–H and O–H groups in total. The summed E-state index contributed by atoms with van der Waals surface area (Å²) >= 11 is 1.71. The number of likely N-dealkylation sites (N-methyl/N-ethyl adjacent to an activating group) is 1. The maximum absolute atomic E-state index is 13.8. The molecule has 0 aromatic heterocycles. The number of halogens is 1. The van der Waals surface area contributed by atoms with Gasteiger partial charge in [-0.05, 0) is 42.8 Å². The molecule has 1 saturated heterocycles. The van der Waals surface area contributed by atoms with Crippen LogP contribution in [-0.4, -0.2) is 43.0 Å². The van der Waals surface area contributed by atoms with E-state index in [1.807, 2.05) is 6.07 Å². The molecule has 2 aliphatic heterocycles. The van der Waals surface area contributed by atoms with Gasteiger partial charge >= 0.3 is 0 Å². The second-order valence-electron chi connectivity index (χ2n) is 6.45. The minimum absolute atomic E-state index is 0.146. The normalized spacial score (nSPS) is 22.3. The standard InChI is InChI=1S/C19H21FN2S/c1-21-8-10-22(11-9-21)17-12-14-4-2-3-5-18(14)23-19-13-15(20)6-7-16(17)19/h2-7,13,17H,8-12H2,1H3/t17-/m0/s1. The average Bonchev–Trinajstić information content (AvgIpc) is 2.71. The molecule has 2 aliphatic rings. The average molecular weight is 328 g/mol. The lowest BCUT2D eigenvalue weighted by atomic mass is 9.96. The zero-order valence-corrected chi connectivity index (χ0v) is 14.2. The zero-order valence-electron chi connectivity index (χ0n) is 13.3. The van der Waals surface area contributed by atoms with E-state index in [4.69, 9.17) is 0 Å². The lowest BCUT2D eigenvalue weighted by Crippen LogP contribution is -2.46. The first-order valence-electron chi connectivity index (χ1n) is 8.18. The van der Waals surface area contributed by atoms with Crippen LogP contribution in [0.25, 0.3) is 0 Å². The summed E-state index contributed by atoms with van der Waals surface area (Å²) in [5.74, 6) is -0.146. The minimum Gasteiger partial charge on any atom is -0.304 e. The third-order valence-corrected chi connectivity index (χ3v) is 6.11. The first-order chi connectivity index (χ1) is 11.2. The molecule has 1 atom stereocenters. The van der Waals surface area contributed by atoms with E-state index in [2.05, 4.69) is 41.1 Å². The monoisotopic (exact) mass is 328 g/mol. The molecule has 0 saturated carbocycles. The van der Waals surface area contributed by atoms with Gasteiger partial charge in [0.25, 0.3) is 0 Å². The fraction of sp³-hybridized carbons (Fsp3) is 0.368. The van der Waals surface area contributed by atoms with Crippen LogP contribution in [0.1, 0.15) is 17.2 Å². The first kappa shape index (κ1) is 15.2. The number of piperazine rings is 1. The molecule has 0 bridgehead atoms. The van der Waals surface area contributed by atoms with Gasteiger partial charge in [-0.15, -0.1) is 0 Å². The highest BCUT2D eigenvalue weighted by molar-refractivity contribution is 7.99. The molecule has 23 heavy (non-hydrogen) atoms. The van der Waals surface area contributed by atoms with Gasteiger partial charge in [0, 0.05) is 42.0 Å². The second-order valence-corrected chi connectivity index (χ2v) is 7.53. The molecule has 1 fully saturated rings. The summed E-state index contributed by atoms with van der Waals surface area (Å²) in [6, 6.07) is 14.2. The molecule has 2 nitrogen and oxygen atoms in total. The Bertz CT molecular complexity index is 710. The maximum atomic E-state index is 13.8. The fourth-order valence-electron chi connectivity index (χ4n) is 3.54. The quantitative estimate of drug-likeness (QED) is 0.786. The van der Waals surface area contributed by atoms with E-state index in [0.717, 1.165) is 37.5 Å². The van der Waals surface area contributed by atoms with Crippen LogP contribution in [0.2, 0.25) is 0 Å². The number of hydrogen-bond acceptors (Lipinski definition) is 3. The summed E-state index contributed by atoms with van der Waals surface area (Å²) in [4.78, 5) is 7.27. The Labute approximate surface area is 141 Å². The summed E-state index contributed by atoms with van der Waals surface area (Å²) in [6.45, 7) is 4.35. The molecule has 0 spiro atoms. The summed E-state index contributed by atoms with van der Waals surface area (Å²) in [7, 11) is 2.18. The molecule has 4 heteroatoms. The van der Waals surface area contributed by atoms with E-state index in [-0.39, 0.29) is 5.82 Å². The van der Waals surface area contributed by atoms with E-state index in [1.54, 1.807) is 23.9 Å². The van der Waals surface area contributed by atoms with Gasteiger partial charge in [0.2, 0.25) is 0 Å². The Morgan fingerprint density at radius 2 is 1.78 bits per heavy atom. The van der Waals surface area contributed by atoms with Crippen molar-refractivity contribution in [3.8, 4) is 0 Å². The third-order valence-electron chi connectivity index (χ3n) is 4.92. The van der Waals surface area contributed by atoms with Crippen LogP contribution in [0.15, 0.2) is 52.3 Å². The molecule has 4 rings (SSSR count). The molecule has 2 aromatic rings. The van der Waals surface area contributed by atoms with Crippen molar-refractivity contribution in [3.63, 3.8) is 0 Å². The lowest BCUT2D eigenvalue weighted by Gasteiger charge is -2.38. The summed E-state index contributed by atoms with van der Waals surface area (Å²) in [6.07, 6.45) is 1.01. The Balaban J connectivity index is 1.75. The number of benzene rings is 2. The largest absolute Gasteiger partial charge is 0.304 e. The molecule has 0 aliphatic carbocycles. The van der Waals surface area contributed by atoms with Crippen molar-refractivity contribution in [1.82, 2.24) is 9.80 Å². The molecule has 2 aromatic carbocycles. The predicted octanol–water partition coefficient (Wildman–Crippen LogP) is 3.82. The van der Waals surface area contributed by atoms with Gasteiger partial charge in [-0.2, -0.15) is 0 Å². The van der Waals surface area contributed by atoms with Crippen molar-refractivity contribution in [2.75, 3.05) is 33.2 Å². The van der Waals surface area contributed by atoms with Gasteiger partial charge in [-0.3, -0.25) is 4.90 Å². The molecule has 0 unspecified atom stereocenters. The number of fused-ring (bicyclic) bond motifs is 2. The number of nitrogens with zero attached hydrogens (tertiary/aromatic N) is 2. The van der Waals surface area contributed by atoms with Crippen LogP contribution >= 0.6 is 11.8 Å². The molecular weight excluding hydrogens is 307 g/mol. The Hall–Kier alpha value is -1.36. The number of rotatable bonds is 1. The summed E-state index contributed by atoms with van der Waals surface area (Å²) in [5.41, 5.74) is 2.65. The molecule has 2 heterocycles. The maximum Gasteiger partial charge on any atom is 0.124 e. The molecular formula is C19H21FN2S. The molecule has 0 radical (unpaired) electrons. The van der Waals surface area contributed by atoms with E-state index in [9.17, 15) is 4.39 Å². The summed E-state index contributed by atoms with van der Waals surface area (Å²) < 4.78 is 13.8. The van der Waals surface area contributed by atoms with Crippen LogP contribution in [0, 0.1) is 5.82 Å².